The number of rotatable bonds is 4. The molecule has 0 atom stereocenters. The fraction of sp³-hybridized carbons (Fsp3) is 0.444. The molecular weight excluding hydrogens is 343 g/mol. The average molecular weight is 367 g/mol. The van der Waals surface area contributed by atoms with E-state index in [1.54, 1.807) is 20.0 Å². The van der Waals surface area contributed by atoms with Crippen molar-refractivity contribution in [2.75, 3.05) is 7.05 Å². The molecule has 0 aliphatic heterocycles. The summed E-state index contributed by atoms with van der Waals surface area (Å²) in [5, 5.41) is 10.2. The van der Waals surface area contributed by atoms with Gasteiger partial charge in [0, 0.05) is 25.3 Å². The van der Waals surface area contributed by atoms with Crippen molar-refractivity contribution >= 4 is 5.96 Å². The highest BCUT2D eigenvalue weighted by molar-refractivity contribution is 5.79. The number of benzene rings is 1. The average Bonchev–Trinajstić information content (AvgIpc) is 2.88. The largest absolute Gasteiger partial charge is 0.416 e. The van der Waals surface area contributed by atoms with Gasteiger partial charge in [-0.2, -0.15) is 18.3 Å². The molecule has 2 rings (SSSR count). The van der Waals surface area contributed by atoms with Crippen molar-refractivity contribution < 1.29 is 13.2 Å². The Hall–Kier alpha value is -2.51. The van der Waals surface area contributed by atoms with Crippen LogP contribution in [0.3, 0.4) is 0 Å². The van der Waals surface area contributed by atoms with E-state index < -0.39 is 11.7 Å². The minimum absolute atomic E-state index is 0.0125. The maximum atomic E-state index is 13.6. The topological polar surface area (TPSA) is 54.2 Å². The standard InChI is InChI=1S/C18H24F3N5/c1-11(2)24-17(22-5)23-10-14-6-7-15(9-16(14)18(19,20)21)26-13(4)8-12(3)25-26/h6-9,11H,10H2,1-5H3,(H2,22,23,24). The predicted molar refractivity (Wildman–Crippen MR) is 96.5 cm³/mol. The first-order valence-electron chi connectivity index (χ1n) is 8.32. The number of halogens is 3. The Balaban J connectivity index is 2.34. The quantitative estimate of drug-likeness (QED) is 0.642. The zero-order valence-corrected chi connectivity index (χ0v) is 15.6. The zero-order chi connectivity index (χ0) is 19.5. The normalized spacial score (nSPS) is 12.6. The van der Waals surface area contributed by atoms with Gasteiger partial charge in [0.15, 0.2) is 5.96 Å². The molecule has 0 aliphatic rings. The summed E-state index contributed by atoms with van der Waals surface area (Å²) in [6.45, 7) is 7.48. The molecule has 2 N–H and O–H groups in total. The molecule has 26 heavy (non-hydrogen) atoms. The van der Waals surface area contributed by atoms with E-state index in [1.165, 1.54) is 10.7 Å². The number of nitrogens with zero attached hydrogens (tertiary/aromatic N) is 3. The van der Waals surface area contributed by atoms with Gasteiger partial charge in [0.05, 0.1) is 16.9 Å². The van der Waals surface area contributed by atoms with E-state index in [4.69, 9.17) is 0 Å². The van der Waals surface area contributed by atoms with Crippen LogP contribution in [0.1, 0.15) is 36.4 Å². The minimum atomic E-state index is -4.46. The summed E-state index contributed by atoms with van der Waals surface area (Å²) in [6.07, 6.45) is -4.46. The van der Waals surface area contributed by atoms with E-state index in [0.717, 1.165) is 17.5 Å². The molecule has 0 bridgehead atoms. The fourth-order valence-corrected chi connectivity index (χ4v) is 2.65. The molecule has 1 aromatic carbocycles. The highest BCUT2D eigenvalue weighted by Crippen LogP contribution is 2.33. The number of aromatic nitrogens is 2. The predicted octanol–water partition coefficient (Wildman–Crippen LogP) is 3.58. The third kappa shape index (κ3) is 4.77. The monoisotopic (exact) mass is 367 g/mol. The molecule has 1 heterocycles. The van der Waals surface area contributed by atoms with E-state index in [9.17, 15) is 13.2 Å². The lowest BCUT2D eigenvalue weighted by atomic mass is 10.1. The van der Waals surface area contributed by atoms with Gasteiger partial charge >= 0.3 is 6.18 Å². The Morgan fingerprint density at radius 1 is 1.23 bits per heavy atom. The summed E-state index contributed by atoms with van der Waals surface area (Å²) >= 11 is 0. The lowest BCUT2D eigenvalue weighted by Crippen LogP contribution is -2.40. The highest BCUT2D eigenvalue weighted by Gasteiger charge is 2.33. The van der Waals surface area contributed by atoms with Gasteiger partial charge in [-0.15, -0.1) is 0 Å². The number of guanidine groups is 1. The molecule has 0 unspecified atom stereocenters. The summed E-state index contributed by atoms with van der Waals surface area (Å²) in [5.74, 6) is 0.454. The van der Waals surface area contributed by atoms with Crippen LogP contribution in [-0.2, 0) is 12.7 Å². The number of aryl methyl sites for hydroxylation is 2. The molecular formula is C18H24F3N5. The second-order valence-electron chi connectivity index (χ2n) is 6.40. The second-order valence-corrected chi connectivity index (χ2v) is 6.40. The van der Waals surface area contributed by atoms with E-state index in [2.05, 4.69) is 20.7 Å². The number of nitrogens with one attached hydrogen (secondary N) is 2. The van der Waals surface area contributed by atoms with Crippen molar-refractivity contribution in [3.05, 3.63) is 46.8 Å². The molecule has 8 heteroatoms. The van der Waals surface area contributed by atoms with Gasteiger partial charge in [-0.3, -0.25) is 4.99 Å². The molecule has 2 aromatic rings. The van der Waals surface area contributed by atoms with Crippen LogP contribution in [0.2, 0.25) is 0 Å². The first kappa shape index (κ1) is 19.8. The first-order chi connectivity index (χ1) is 12.1. The lowest BCUT2D eigenvalue weighted by Gasteiger charge is -2.18. The van der Waals surface area contributed by atoms with Gasteiger partial charge in [-0.05, 0) is 51.5 Å². The third-order valence-corrected chi connectivity index (χ3v) is 3.75. The molecule has 142 valence electrons. The first-order valence-corrected chi connectivity index (χ1v) is 8.32. The Labute approximate surface area is 151 Å². The van der Waals surface area contributed by atoms with Gasteiger partial charge in [0.2, 0.25) is 0 Å². The summed E-state index contributed by atoms with van der Waals surface area (Å²) < 4.78 is 42.2. The molecule has 0 spiro atoms. The van der Waals surface area contributed by atoms with Crippen molar-refractivity contribution in [3.8, 4) is 5.69 Å². The number of alkyl halides is 3. The maximum absolute atomic E-state index is 13.6. The van der Waals surface area contributed by atoms with E-state index in [-0.39, 0.29) is 18.2 Å². The molecule has 0 aliphatic carbocycles. The van der Waals surface area contributed by atoms with E-state index >= 15 is 0 Å². The molecule has 0 fully saturated rings. The number of hydrogen-bond acceptors (Lipinski definition) is 2. The molecule has 0 saturated heterocycles. The maximum Gasteiger partial charge on any atom is 0.416 e. The molecule has 1 aromatic heterocycles. The second kappa shape index (κ2) is 7.80. The van der Waals surface area contributed by atoms with E-state index in [1.807, 2.05) is 26.8 Å². The van der Waals surface area contributed by atoms with Crippen molar-refractivity contribution in [2.45, 2.75) is 46.5 Å². The smallest absolute Gasteiger partial charge is 0.354 e. The fourth-order valence-electron chi connectivity index (χ4n) is 2.65. The lowest BCUT2D eigenvalue weighted by molar-refractivity contribution is -0.138. The van der Waals surface area contributed by atoms with Crippen molar-refractivity contribution in [1.29, 1.82) is 0 Å². The van der Waals surface area contributed by atoms with Gasteiger partial charge in [0.1, 0.15) is 0 Å². The SMILES string of the molecule is CN=C(NCc1ccc(-n2nc(C)cc2C)cc1C(F)(F)F)NC(C)C. The van der Waals surface area contributed by atoms with Crippen LogP contribution in [0.15, 0.2) is 29.3 Å². The molecule has 0 radical (unpaired) electrons. The Morgan fingerprint density at radius 2 is 1.92 bits per heavy atom. The van der Waals surface area contributed by atoms with Crippen LogP contribution >= 0.6 is 0 Å². The molecule has 5 nitrogen and oxygen atoms in total. The van der Waals surface area contributed by atoms with Gasteiger partial charge < -0.3 is 10.6 Å². The van der Waals surface area contributed by atoms with Crippen LogP contribution < -0.4 is 10.6 Å². The minimum Gasteiger partial charge on any atom is -0.354 e. The number of aliphatic imine (C=N–C) groups is 1. The number of hydrogen-bond donors (Lipinski definition) is 2. The van der Waals surface area contributed by atoms with E-state index in [0.29, 0.717) is 11.6 Å². The third-order valence-electron chi connectivity index (χ3n) is 3.75. The summed E-state index contributed by atoms with van der Waals surface area (Å²) in [4.78, 5) is 4.01. The van der Waals surface area contributed by atoms with Crippen molar-refractivity contribution in [3.63, 3.8) is 0 Å². The highest BCUT2D eigenvalue weighted by atomic mass is 19.4. The Morgan fingerprint density at radius 3 is 2.42 bits per heavy atom. The van der Waals surface area contributed by atoms with Crippen molar-refractivity contribution in [2.24, 2.45) is 4.99 Å². The van der Waals surface area contributed by atoms with Gasteiger partial charge in [-0.25, -0.2) is 4.68 Å². The zero-order valence-electron chi connectivity index (χ0n) is 15.6. The van der Waals surface area contributed by atoms with Gasteiger partial charge in [0.25, 0.3) is 0 Å². The summed E-state index contributed by atoms with van der Waals surface area (Å²) in [7, 11) is 1.58. The Kier molecular flexibility index (Phi) is 5.94. The van der Waals surface area contributed by atoms with Crippen LogP contribution in [0.25, 0.3) is 5.69 Å². The summed E-state index contributed by atoms with van der Waals surface area (Å²) in [5.41, 5.74) is 1.38. The van der Waals surface area contributed by atoms with Crippen LogP contribution in [0, 0.1) is 13.8 Å². The van der Waals surface area contributed by atoms with Crippen LogP contribution in [-0.4, -0.2) is 28.8 Å². The van der Waals surface area contributed by atoms with Crippen molar-refractivity contribution in [1.82, 2.24) is 20.4 Å². The molecule has 0 saturated carbocycles. The van der Waals surface area contributed by atoms with Crippen LogP contribution in [0.5, 0.6) is 0 Å². The Bertz CT molecular complexity index is 791. The summed E-state index contributed by atoms with van der Waals surface area (Å²) in [6, 6.07) is 6.20. The molecule has 0 amide bonds. The van der Waals surface area contributed by atoms with Gasteiger partial charge in [-0.1, -0.05) is 6.07 Å². The van der Waals surface area contributed by atoms with Crippen LogP contribution in [0.4, 0.5) is 13.2 Å².